The fraction of sp³-hybridized carbons (Fsp3) is 0.433. The summed E-state index contributed by atoms with van der Waals surface area (Å²) in [6.07, 6.45) is 6.59. The number of rotatable bonds is 8. The Balaban J connectivity index is 0.00000199. The van der Waals surface area contributed by atoms with Gasteiger partial charge in [-0.2, -0.15) is 0 Å². The zero-order valence-electron chi connectivity index (χ0n) is 22.2. The number of thioether (sulfide) groups is 1. The lowest BCUT2D eigenvalue weighted by Crippen LogP contribution is -2.14. The van der Waals surface area contributed by atoms with E-state index in [0.717, 1.165) is 29.5 Å². The molecule has 3 rings (SSSR count). The maximum absolute atomic E-state index is 4.66. The lowest BCUT2D eigenvalue weighted by Gasteiger charge is -2.22. The first kappa shape index (κ1) is 27.9. The van der Waals surface area contributed by atoms with E-state index < -0.39 is 0 Å². The average Bonchev–Trinajstić information content (AvgIpc) is 2.84. The van der Waals surface area contributed by atoms with Crippen LogP contribution in [0.4, 0.5) is 5.69 Å². The summed E-state index contributed by atoms with van der Waals surface area (Å²) in [5.41, 5.74) is 15.1. The van der Waals surface area contributed by atoms with Gasteiger partial charge in [-0.3, -0.25) is 0 Å². The second-order valence-corrected chi connectivity index (χ2v) is 10.4. The van der Waals surface area contributed by atoms with Crippen LogP contribution in [0, 0.1) is 19.8 Å². The van der Waals surface area contributed by atoms with E-state index in [1.807, 2.05) is 13.4 Å². The molecule has 34 heavy (non-hydrogen) atoms. The molecule has 1 aliphatic rings. The van der Waals surface area contributed by atoms with Crippen LogP contribution in [-0.2, 0) is 19.3 Å². The largest absolute Gasteiger partial charge is 0.366 e. The van der Waals surface area contributed by atoms with Gasteiger partial charge in [-0.25, -0.2) is 4.99 Å². The maximum Gasteiger partial charge on any atom is 0.0909 e. The smallest absolute Gasteiger partial charge is 0.0909 e. The van der Waals surface area contributed by atoms with Crippen molar-refractivity contribution in [1.29, 1.82) is 0 Å². The third-order valence-corrected chi connectivity index (χ3v) is 7.46. The summed E-state index contributed by atoms with van der Waals surface area (Å²) in [5.74, 6) is 0.789. The molecule has 2 aromatic rings. The summed E-state index contributed by atoms with van der Waals surface area (Å²) >= 11 is 1.75. The van der Waals surface area contributed by atoms with Crippen LogP contribution in [0.15, 0.2) is 52.9 Å². The molecule has 1 atom stereocenters. The van der Waals surface area contributed by atoms with Crippen molar-refractivity contribution in [2.45, 2.75) is 60.3 Å². The highest BCUT2D eigenvalue weighted by molar-refractivity contribution is 8.10. The minimum absolute atomic E-state index is 0.789. The van der Waals surface area contributed by atoms with Crippen molar-refractivity contribution in [1.82, 2.24) is 4.90 Å². The first-order valence-electron chi connectivity index (χ1n) is 12.3. The van der Waals surface area contributed by atoms with Crippen molar-refractivity contribution in [3.63, 3.8) is 0 Å². The number of fused-ring (bicyclic) bond motifs is 1. The van der Waals surface area contributed by atoms with Gasteiger partial charge in [0.1, 0.15) is 0 Å². The average molecular weight is 478 g/mol. The number of aliphatic imine (C=N–C) groups is 1. The molecule has 0 aromatic heterocycles. The Morgan fingerprint density at radius 1 is 1.18 bits per heavy atom. The number of nitrogens with two attached hydrogens (primary N) is 1. The lowest BCUT2D eigenvalue weighted by molar-refractivity contribution is 0.501. The summed E-state index contributed by atoms with van der Waals surface area (Å²) in [6, 6.07) is 11.4. The van der Waals surface area contributed by atoms with Crippen LogP contribution in [0.25, 0.3) is 4.91 Å². The summed E-state index contributed by atoms with van der Waals surface area (Å²) in [7, 11) is 3.55. The van der Waals surface area contributed by atoms with Crippen LogP contribution in [-0.4, -0.2) is 31.9 Å². The van der Waals surface area contributed by atoms with Crippen LogP contribution >= 0.6 is 11.8 Å². The zero-order valence-corrected chi connectivity index (χ0v) is 23.1. The number of allylic oxidation sites excluding steroid dienone is 1. The first-order valence-corrected chi connectivity index (χ1v) is 13.2. The van der Waals surface area contributed by atoms with Crippen molar-refractivity contribution < 1.29 is 0 Å². The van der Waals surface area contributed by atoms with Gasteiger partial charge >= 0.3 is 0 Å². The summed E-state index contributed by atoms with van der Waals surface area (Å²) < 4.78 is 0. The van der Waals surface area contributed by atoms with E-state index in [1.54, 1.807) is 11.8 Å². The Kier molecular flexibility index (Phi) is 11.1. The fourth-order valence-corrected chi connectivity index (χ4v) is 4.82. The second kappa shape index (κ2) is 13.6. The van der Waals surface area contributed by atoms with Gasteiger partial charge in [-0.1, -0.05) is 55.1 Å². The molecule has 0 bridgehead atoms. The molecule has 2 N–H and O–H groups in total. The van der Waals surface area contributed by atoms with Crippen LogP contribution < -0.4 is 5.73 Å². The summed E-state index contributed by atoms with van der Waals surface area (Å²) in [5, 5.41) is 2.27. The highest BCUT2D eigenvalue weighted by Gasteiger charge is 2.15. The van der Waals surface area contributed by atoms with Gasteiger partial charge in [-0.15, -0.1) is 0 Å². The molecule has 0 amide bonds. The van der Waals surface area contributed by atoms with Crippen molar-refractivity contribution in [3.8, 4) is 0 Å². The molecule has 0 saturated heterocycles. The third-order valence-electron chi connectivity index (χ3n) is 6.42. The molecule has 0 aliphatic heterocycles. The molecule has 184 valence electrons. The maximum atomic E-state index is 4.66. The predicted molar refractivity (Wildman–Crippen MR) is 154 cm³/mol. The molecule has 0 spiro atoms. The Labute approximate surface area is 212 Å². The van der Waals surface area contributed by atoms with Gasteiger partial charge in [0, 0.05) is 18.5 Å². The third kappa shape index (κ3) is 7.89. The van der Waals surface area contributed by atoms with Crippen LogP contribution in [0.3, 0.4) is 0 Å². The zero-order chi connectivity index (χ0) is 25.3. The number of hydrogen-bond acceptors (Lipinski definition) is 3. The SMILES string of the molecule is C=C(S/C=C(\C)Cc1cc(C)c(N=CN(C)CC)cc1C)c1ccc2c(c1)CC(C)CC2.CN. The van der Waals surface area contributed by atoms with Gasteiger partial charge in [0.05, 0.1) is 12.0 Å². The highest BCUT2D eigenvalue weighted by atomic mass is 32.2. The molecule has 3 nitrogen and oxygen atoms in total. The molecule has 1 unspecified atom stereocenters. The predicted octanol–water partition coefficient (Wildman–Crippen LogP) is 7.47. The highest BCUT2D eigenvalue weighted by Crippen LogP contribution is 2.33. The van der Waals surface area contributed by atoms with Crippen molar-refractivity contribution in [2.24, 2.45) is 16.6 Å². The molecular weight excluding hydrogens is 434 g/mol. The second-order valence-electron chi connectivity index (χ2n) is 9.40. The Morgan fingerprint density at radius 3 is 2.62 bits per heavy atom. The molecule has 0 heterocycles. The van der Waals surface area contributed by atoms with E-state index in [2.05, 4.69) is 92.6 Å². The minimum atomic E-state index is 0.789. The van der Waals surface area contributed by atoms with Crippen LogP contribution in [0.2, 0.25) is 0 Å². The first-order chi connectivity index (χ1) is 16.3. The molecule has 0 radical (unpaired) electrons. The number of benzene rings is 2. The van der Waals surface area contributed by atoms with E-state index in [0.29, 0.717) is 0 Å². The number of nitrogens with zero attached hydrogens (tertiary/aromatic N) is 2. The Morgan fingerprint density at radius 2 is 1.91 bits per heavy atom. The van der Waals surface area contributed by atoms with Gasteiger partial charge in [-0.05, 0) is 111 Å². The van der Waals surface area contributed by atoms with Crippen LogP contribution in [0.5, 0.6) is 0 Å². The quantitative estimate of drug-likeness (QED) is 0.317. The van der Waals surface area contributed by atoms with Gasteiger partial charge in [0.15, 0.2) is 0 Å². The van der Waals surface area contributed by atoms with Crippen molar-refractivity contribution in [2.75, 3.05) is 20.6 Å². The molecule has 0 saturated carbocycles. The van der Waals surface area contributed by atoms with Gasteiger partial charge in [0.25, 0.3) is 0 Å². The molecular formula is C30H43N3S. The minimum Gasteiger partial charge on any atom is -0.366 e. The topological polar surface area (TPSA) is 41.6 Å². The number of hydrogen-bond donors (Lipinski definition) is 1. The Hall–Kier alpha value is -2.30. The van der Waals surface area contributed by atoms with E-state index in [4.69, 9.17) is 0 Å². The molecule has 4 heteroatoms. The van der Waals surface area contributed by atoms with E-state index in [-0.39, 0.29) is 0 Å². The molecule has 1 aliphatic carbocycles. The van der Waals surface area contributed by atoms with E-state index in [1.165, 1.54) is 65.3 Å². The van der Waals surface area contributed by atoms with Crippen molar-refractivity contribution in [3.05, 3.63) is 81.3 Å². The summed E-state index contributed by atoms with van der Waals surface area (Å²) in [6.45, 7) is 16.3. The fourth-order valence-electron chi connectivity index (χ4n) is 4.13. The van der Waals surface area contributed by atoms with E-state index in [9.17, 15) is 0 Å². The molecule has 0 fully saturated rings. The standard InChI is InChI=1S/C29H38N2S.CH5N/c1-8-31(7)19-30-29-16-22(4)27(15-23(29)5)14-21(3)18-32-24(6)26-12-11-25-10-9-20(2)13-28(25)17-26;1-2/h11-12,15-20H,6,8-10,13-14H2,1-5,7H3;2H2,1H3/b21-18+,30-19?;. The number of aryl methyl sites for hydroxylation is 3. The Bertz CT molecular complexity index is 1040. The van der Waals surface area contributed by atoms with Gasteiger partial charge < -0.3 is 10.6 Å². The van der Waals surface area contributed by atoms with Crippen LogP contribution in [0.1, 0.15) is 60.6 Å². The molecule has 2 aromatic carbocycles. The monoisotopic (exact) mass is 477 g/mol. The van der Waals surface area contributed by atoms with Gasteiger partial charge in [0.2, 0.25) is 0 Å². The summed E-state index contributed by atoms with van der Waals surface area (Å²) in [4.78, 5) is 7.87. The lowest BCUT2D eigenvalue weighted by atomic mass is 9.84. The van der Waals surface area contributed by atoms with E-state index >= 15 is 0 Å². The van der Waals surface area contributed by atoms with Crippen molar-refractivity contribution >= 4 is 28.7 Å². The normalized spacial score (nSPS) is 15.5.